The number of carbonyl (C=O) groups excluding carboxylic acids is 2. The van der Waals surface area contributed by atoms with E-state index in [4.69, 9.17) is 18.9 Å². The summed E-state index contributed by atoms with van der Waals surface area (Å²) in [5.74, 6) is -0.895. The third-order valence-electron chi connectivity index (χ3n) is 8.15. The van der Waals surface area contributed by atoms with Crippen LogP contribution in [-0.2, 0) is 28.5 Å². The number of rotatable bonds is 29. The number of unbranched alkanes of at least 4 members (excludes halogenated alkanes) is 8. The average Bonchev–Trinajstić information content (AvgIpc) is 3.15. The van der Waals surface area contributed by atoms with E-state index in [1.807, 2.05) is 66.8 Å². The number of ether oxygens (including phenoxy) is 4. The molecule has 10 heteroatoms. The summed E-state index contributed by atoms with van der Waals surface area (Å²) in [7, 11) is 0. The van der Waals surface area contributed by atoms with Crippen molar-refractivity contribution >= 4 is 11.9 Å². The summed E-state index contributed by atoms with van der Waals surface area (Å²) < 4.78 is 22.0. The van der Waals surface area contributed by atoms with Crippen LogP contribution in [-0.4, -0.2) is 89.0 Å². The van der Waals surface area contributed by atoms with E-state index < -0.39 is 55.4 Å². The number of carbonyl (C=O) groups is 2. The molecule has 0 bridgehead atoms. The molecule has 1 aliphatic heterocycles. The Kier molecular flexibility index (Phi) is 29.9. The molecular weight excluding hydrogens is 676 g/mol. The summed E-state index contributed by atoms with van der Waals surface area (Å²) in [6.45, 7) is 3.03. The Morgan fingerprint density at radius 3 is 1.60 bits per heavy atom. The van der Waals surface area contributed by atoms with Crippen LogP contribution >= 0.6 is 0 Å². The summed E-state index contributed by atoms with van der Waals surface area (Å²) in [6.07, 6.45) is 35.6. The predicted octanol–water partition coefficient (Wildman–Crippen LogP) is 7.21. The van der Waals surface area contributed by atoms with Crippen molar-refractivity contribution in [1.29, 1.82) is 0 Å². The number of aliphatic hydroxyl groups excluding tert-OH is 4. The van der Waals surface area contributed by atoms with Gasteiger partial charge in [0.25, 0.3) is 0 Å². The molecule has 3 unspecified atom stereocenters. The number of esters is 2. The molecule has 1 fully saturated rings. The Hall–Kier alpha value is -3.38. The third kappa shape index (κ3) is 25.3. The van der Waals surface area contributed by atoms with Crippen molar-refractivity contribution in [2.24, 2.45) is 0 Å². The second-order valence-corrected chi connectivity index (χ2v) is 12.8. The first kappa shape index (κ1) is 47.6. The molecule has 1 rings (SSSR count). The van der Waals surface area contributed by atoms with Crippen molar-refractivity contribution in [2.45, 2.75) is 141 Å². The molecule has 10 nitrogen and oxygen atoms in total. The average molecular weight is 743 g/mol. The fourth-order valence-electron chi connectivity index (χ4n) is 5.09. The van der Waals surface area contributed by atoms with E-state index in [0.717, 1.165) is 64.2 Å². The molecule has 4 N–H and O–H groups in total. The van der Waals surface area contributed by atoms with E-state index in [2.05, 4.69) is 44.2 Å². The minimum atomic E-state index is -1.61. The maximum absolute atomic E-state index is 12.7. The number of hydrogen-bond acceptors (Lipinski definition) is 10. The lowest BCUT2D eigenvalue weighted by Crippen LogP contribution is -2.59. The van der Waals surface area contributed by atoms with E-state index in [1.165, 1.54) is 0 Å². The first-order chi connectivity index (χ1) is 25.8. The van der Waals surface area contributed by atoms with Gasteiger partial charge in [-0.25, -0.2) is 0 Å². The van der Waals surface area contributed by atoms with Crippen molar-refractivity contribution in [1.82, 2.24) is 0 Å². The first-order valence-electron chi connectivity index (χ1n) is 19.4. The highest BCUT2D eigenvalue weighted by Gasteiger charge is 2.44. The second kappa shape index (κ2) is 33.2. The minimum Gasteiger partial charge on any atom is -0.462 e. The second-order valence-electron chi connectivity index (χ2n) is 12.8. The molecule has 0 saturated carbocycles. The van der Waals surface area contributed by atoms with Crippen LogP contribution in [0.15, 0.2) is 97.2 Å². The van der Waals surface area contributed by atoms with E-state index in [9.17, 15) is 30.0 Å². The van der Waals surface area contributed by atoms with Crippen LogP contribution in [0.2, 0.25) is 0 Å². The van der Waals surface area contributed by atoms with Gasteiger partial charge in [0, 0.05) is 12.8 Å². The Balaban J connectivity index is 2.46. The van der Waals surface area contributed by atoms with Crippen molar-refractivity contribution in [2.75, 3.05) is 19.8 Å². The van der Waals surface area contributed by atoms with Gasteiger partial charge in [0.15, 0.2) is 12.4 Å². The molecule has 0 amide bonds. The lowest BCUT2D eigenvalue weighted by molar-refractivity contribution is -0.305. The van der Waals surface area contributed by atoms with Crippen LogP contribution < -0.4 is 0 Å². The van der Waals surface area contributed by atoms with Gasteiger partial charge in [-0.05, 0) is 51.4 Å². The molecule has 6 atom stereocenters. The van der Waals surface area contributed by atoms with Crippen molar-refractivity contribution in [3.8, 4) is 0 Å². The number of aliphatic hydroxyl groups is 4. The quantitative estimate of drug-likeness (QED) is 0.0352. The van der Waals surface area contributed by atoms with Gasteiger partial charge < -0.3 is 39.4 Å². The molecule has 0 aromatic heterocycles. The topological polar surface area (TPSA) is 152 Å². The van der Waals surface area contributed by atoms with Crippen LogP contribution in [0.25, 0.3) is 0 Å². The van der Waals surface area contributed by atoms with E-state index in [1.54, 1.807) is 0 Å². The Labute approximate surface area is 317 Å². The lowest BCUT2D eigenvalue weighted by Gasteiger charge is -2.39. The van der Waals surface area contributed by atoms with Gasteiger partial charge >= 0.3 is 11.9 Å². The maximum atomic E-state index is 12.7. The zero-order chi connectivity index (χ0) is 38.8. The summed E-state index contributed by atoms with van der Waals surface area (Å²) >= 11 is 0. The van der Waals surface area contributed by atoms with E-state index in [0.29, 0.717) is 12.8 Å². The van der Waals surface area contributed by atoms with E-state index >= 15 is 0 Å². The zero-order valence-corrected chi connectivity index (χ0v) is 32.0. The highest BCUT2D eigenvalue weighted by Crippen LogP contribution is 2.22. The van der Waals surface area contributed by atoms with Gasteiger partial charge in [-0.2, -0.15) is 0 Å². The summed E-state index contributed by atoms with van der Waals surface area (Å²) in [6, 6.07) is 0. The SMILES string of the molecule is CC/C=C/C=C/C=C/C=C/C=C/CCCCCC(=O)OCC(CO[C@H]1O[C@@H](CO)[C@@H](O)C(O)C1O)OC(=O)CCCCCCC/C=C/C=C/C=C/CC. The smallest absolute Gasteiger partial charge is 0.306 e. The van der Waals surface area contributed by atoms with Crippen LogP contribution in [0.1, 0.15) is 104 Å². The van der Waals surface area contributed by atoms with Crippen LogP contribution in [0.3, 0.4) is 0 Å². The zero-order valence-electron chi connectivity index (χ0n) is 32.0. The molecule has 0 radical (unpaired) electrons. The molecule has 0 aromatic rings. The summed E-state index contributed by atoms with van der Waals surface area (Å²) in [5, 5.41) is 39.9. The molecule has 1 saturated heterocycles. The van der Waals surface area contributed by atoms with Crippen molar-refractivity contribution in [3.63, 3.8) is 0 Å². The van der Waals surface area contributed by atoms with Gasteiger partial charge in [-0.3, -0.25) is 9.59 Å². The molecule has 1 heterocycles. The normalized spacial score (nSPS) is 22.0. The van der Waals surface area contributed by atoms with E-state index in [-0.39, 0.29) is 26.1 Å². The predicted molar refractivity (Wildman–Crippen MR) is 210 cm³/mol. The molecular formula is C43H66O10. The fourth-order valence-corrected chi connectivity index (χ4v) is 5.09. The number of allylic oxidation sites excluding steroid dienone is 16. The van der Waals surface area contributed by atoms with Crippen molar-refractivity contribution < 1.29 is 49.0 Å². The molecule has 0 aromatic carbocycles. The van der Waals surface area contributed by atoms with Gasteiger partial charge in [0.05, 0.1) is 13.2 Å². The monoisotopic (exact) mass is 742 g/mol. The highest BCUT2D eigenvalue weighted by molar-refractivity contribution is 5.70. The molecule has 0 aliphatic carbocycles. The van der Waals surface area contributed by atoms with Gasteiger partial charge in [0.1, 0.15) is 31.0 Å². The van der Waals surface area contributed by atoms with Crippen LogP contribution in [0.4, 0.5) is 0 Å². The van der Waals surface area contributed by atoms with Gasteiger partial charge in [0.2, 0.25) is 0 Å². The fraction of sp³-hybridized carbons (Fsp3) is 0.581. The Bertz CT molecular complexity index is 1180. The largest absolute Gasteiger partial charge is 0.462 e. The highest BCUT2D eigenvalue weighted by atomic mass is 16.7. The first-order valence-corrected chi connectivity index (χ1v) is 19.4. The van der Waals surface area contributed by atoms with Gasteiger partial charge in [-0.1, -0.05) is 137 Å². The van der Waals surface area contributed by atoms with Crippen molar-refractivity contribution in [3.05, 3.63) is 97.2 Å². The molecule has 0 spiro atoms. The molecule has 53 heavy (non-hydrogen) atoms. The molecule has 1 aliphatic rings. The van der Waals surface area contributed by atoms with Crippen LogP contribution in [0.5, 0.6) is 0 Å². The Morgan fingerprint density at radius 1 is 0.585 bits per heavy atom. The number of hydrogen-bond donors (Lipinski definition) is 4. The lowest BCUT2D eigenvalue weighted by atomic mass is 9.99. The standard InChI is InChI=1S/C43H66O10/c1-3-5-7-9-11-13-15-17-18-20-21-23-25-27-29-31-38(45)50-34-36(35-51-43-42(49)41(48)40(47)37(33-44)53-43)52-39(46)32-30-28-26-24-22-19-16-14-12-10-8-6-4-2/h5-18,20-21,36-37,40-44,47-49H,3-4,19,22-35H2,1-2H3/b7-5+,8-6+,11-9+,12-10+,15-13+,16-14+,18-17+,21-20+/t36?,37-,40+,41?,42?,43-/m0/s1. The molecule has 298 valence electrons. The Morgan fingerprint density at radius 2 is 1.06 bits per heavy atom. The third-order valence-corrected chi connectivity index (χ3v) is 8.15. The van der Waals surface area contributed by atoms with Gasteiger partial charge in [-0.15, -0.1) is 0 Å². The van der Waals surface area contributed by atoms with Crippen LogP contribution in [0, 0.1) is 0 Å². The summed E-state index contributed by atoms with van der Waals surface area (Å²) in [4.78, 5) is 25.2. The minimum absolute atomic E-state index is 0.190. The maximum Gasteiger partial charge on any atom is 0.306 e. The summed E-state index contributed by atoms with van der Waals surface area (Å²) in [5.41, 5.74) is 0.